The van der Waals surface area contributed by atoms with Gasteiger partial charge in [0.05, 0.1) is 9.13 Å². The lowest BCUT2D eigenvalue weighted by Gasteiger charge is -2.19. The van der Waals surface area contributed by atoms with Gasteiger partial charge in [-0.2, -0.15) is 0 Å². The molecule has 0 fully saturated rings. The maximum absolute atomic E-state index is 11.9. The van der Waals surface area contributed by atoms with Crippen LogP contribution in [0.5, 0.6) is 5.75 Å². The number of para-hydroxylation sites is 1. The summed E-state index contributed by atoms with van der Waals surface area (Å²) in [6, 6.07) is 5.20. The van der Waals surface area contributed by atoms with E-state index in [1.807, 2.05) is 36.4 Å². The van der Waals surface area contributed by atoms with Gasteiger partial charge >= 0.3 is 0 Å². The Hall–Kier alpha value is -0.780. The number of hydrogen-bond acceptors (Lipinski definition) is 2. The lowest BCUT2D eigenvalue weighted by molar-refractivity contribution is 0.0770. The monoisotopic (exact) mass is 319 g/mol. The molecule has 0 aromatic heterocycles. The molecule has 0 unspecified atom stereocenters. The molecule has 1 aromatic rings. The van der Waals surface area contributed by atoms with Crippen molar-refractivity contribution in [2.75, 3.05) is 13.1 Å². The van der Waals surface area contributed by atoms with Crippen molar-refractivity contribution in [3.05, 3.63) is 27.3 Å². The number of rotatable bonds is 3. The van der Waals surface area contributed by atoms with E-state index < -0.39 is 0 Å². The minimum atomic E-state index is -0.115. The topological polar surface area (TPSA) is 40.5 Å². The molecule has 1 amide bonds. The number of hydrogen-bond donors (Lipinski definition) is 1. The molecule has 0 spiro atoms. The third kappa shape index (κ3) is 2.62. The lowest BCUT2D eigenvalue weighted by Crippen LogP contribution is -2.30. The number of phenols is 1. The van der Waals surface area contributed by atoms with Crippen LogP contribution in [0.2, 0.25) is 0 Å². The SMILES string of the molecule is CCN(CC)C(=O)c1cccc(I)c1O. The molecule has 0 saturated heterocycles. The zero-order valence-electron chi connectivity index (χ0n) is 8.83. The van der Waals surface area contributed by atoms with Crippen molar-refractivity contribution in [1.29, 1.82) is 0 Å². The molecule has 0 aliphatic rings. The van der Waals surface area contributed by atoms with Gasteiger partial charge in [-0.15, -0.1) is 0 Å². The van der Waals surface area contributed by atoms with Crippen LogP contribution in [0.15, 0.2) is 18.2 Å². The fraction of sp³-hybridized carbons (Fsp3) is 0.364. The Morgan fingerprint density at radius 2 is 2.00 bits per heavy atom. The minimum absolute atomic E-state index is 0.0787. The second-order valence-corrected chi connectivity index (χ2v) is 4.28. The zero-order chi connectivity index (χ0) is 11.4. The normalized spacial score (nSPS) is 10.1. The molecule has 0 bridgehead atoms. The van der Waals surface area contributed by atoms with Crippen LogP contribution < -0.4 is 0 Å². The summed E-state index contributed by atoms with van der Waals surface area (Å²) in [5.41, 5.74) is 0.380. The predicted molar refractivity (Wildman–Crippen MR) is 68.1 cm³/mol. The number of carbonyl (C=O) groups excluding carboxylic acids is 1. The predicted octanol–water partition coefficient (Wildman–Crippen LogP) is 2.48. The number of aromatic hydroxyl groups is 1. The largest absolute Gasteiger partial charge is 0.506 e. The van der Waals surface area contributed by atoms with Crippen molar-refractivity contribution in [3.63, 3.8) is 0 Å². The van der Waals surface area contributed by atoms with E-state index in [2.05, 4.69) is 0 Å². The summed E-state index contributed by atoms with van der Waals surface area (Å²) in [5, 5.41) is 9.75. The number of amides is 1. The summed E-state index contributed by atoms with van der Waals surface area (Å²) in [4.78, 5) is 13.6. The lowest BCUT2D eigenvalue weighted by atomic mass is 10.1. The van der Waals surface area contributed by atoms with Gasteiger partial charge in [-0.05, 0) is 48.6 Å². The molecule has 1 N–H and O–H groups in total. The standard InChI is InChI=1S/C11H14INO2/c1-3-13(4-2)11(15)8-6-5-7-9(12)10(8)14/h5-7,14H,3-4H2,1-2H3. The fourth-order valence-electron chi connectivity index (χ4n) is 1.37. The summed E-state index contributed by atoms with van der Waals surface area (Å²) >= 11 is 2.01. The van der Waals surface area contributed by atoms with Gasteiger partial charge in [-0.3, -0.25) is 4.79 Å². The average molecular weight is 319 g/mol. The van der Waals surface area contributed by atoms with Crippen molar-refractivity contribution >= 4 is 28.5 Å². The van der Waals surface area contributed by atoms with E-state index >= 15 is 0 Å². The quantitative estimate of drug-likeness (QED) is 0.870. The molecule has 0 aliphatic heterocycles. The molecule has 3 nitrogen and oxygen atoms in total. The number of carbonyl (C=O) groups is 1. The van der Waals surface area contributed by atoms with Crippen LogP contribution in [0, 0.1) is 3.57 Å². The second kappa shape index (κ2) is 5.34. The van der Waals surface area contributed by atoms with Gasteiger partial charge in [0.15, 0.2) is 0 Å². The van der Waals surface area contributed by atoms with Gasteiger partial charge < -0.3 is 10.0 Å². The summed E-state index contributed by atoms with van der Waals surface area (Å²) < 4.78 is 0.700. The number of halogens is 1. The summed E-state index contributed by atoms with van der Waals surface area (Å²) in [6.07, 6.45) is 0. The van der Waals surface area contributed by atoms with E-state index in [-0.39, 0.29) is 11.7 Å². The van der Waals surface area contributed by atoms with E-state index in [1.165, 1.54) is 0 Å². The van der Waals surface area contributed by atoms with E-state index in [9.17, 15) is 9.90 Å². The van der Waals surface area contributed by atoms with E-state index in [0.717, 1.165) is 0 Å². The molecule has 4 heteroatoms. The van der Waals surface area contributed by atoms with Gasteiger partial charge in [-0.1, -0.05) is 6.07 Å². The highest BCUT2D eigenvalue weighted by Gasteiger charge is 2.17. The Morgan fingerprint density at radius 3 is 2.53 bits per heavy atom. The molecule has 82 valence electrons. The Morgan fingerprint density at radius 1 is 1.40 bits per heavy atom. The highest BCUT2D eigenvalue weighted by atomic mass is 127. The third-order valence-electron chi connectivity index (χ3n) is 2.27. The van der Waals surface area contributed by atoms with Gasteiger partial charge in [0.2, 0.25) is 0 Å². The highest BCUT2D eigenvalue weighted by Crippen LogP contribution is 2.24. The molecule has 0 atom stereocenters. The zero-order valence-corrected chi connectivity index (χ0v) is 11.0. The van der Waals surface area contributed by atoms with Crippen molar-refractivity contribution in [1.82, 2.24) is 4.90 Å². The highest BCUT2D eigenvalue weighted by molar-refractivity contribution is 14.1. The first-order valence-electron chi connectivity index (χ1n) is 4.88. The van der Waals surface area contributed by atoms with Crippen LogP contribution in [0.3, 0.4) is 0 Å². The molecule has 0 heterocycles. The maximum atomic E-state index is 11.9. The second-order valence-electron chi connectivity index (χ2n) is 3.11. The van der Waals surface area contributed by atoms with Crippen LogP contribution in [0.4, 0.5) is 0 Å². The Kier molecular flexibility index (Phi) is 4.38. The van der Waals surface area contributed by atoms with E-state index in [4.69, 9.17) is 0 Å². The Bertz CT molecular complexity index is 362. The fourth-order valence-corrected chi connectivity index (χ4v) is 1.87. The van der Waals surface area contributed by atoms with Crippen LogP contribution >= 0.6 is 22.6 Å². The van der Waals surface area contributed by atoms with Crippen molar-refractivity contribution in [3.8, 4) is 5.75 Å². The molecular weight excluding hydrogens is 305 g/mol. The van der Waals surface area contributed by atoms with Gasteiger partial charge in [0.1, 0.15) is 5.75 Å². The molecule has 1 aromatic carbocycles. The molecule has 1 rings (SSSR count). The smallest absolute Gasteiger partial charge is 0.257 e. The Balaban J connectivity index is 3.05. The molecular formula is C11H14INO2. The number of benzene rings is 1. The number of nitrogens with zero attached hydrogens (tertiary/aromatic N) is 1. The van der Waals surface area contributed by atoms with E-state index in [1.54, 1.807) is 23.1 Å². The molecule has 0 radical (unpaired) electrons. The third-order valence-corrected chi connectivity index (χ3v) is 3.14. The van der Waals surface area contributed by atoms with E-state index in [0.29, 0.717) is 22.2 Å². The number of phenolic OH excluding ortho intramolecular Hbond substituents is 1. The molecule has 0 aliphatic carbocycles. The van der Waals surface area contributed by atoms with Crippen LogP contribution in [0.1, 0.15) is 24.2 Å². The van der Waals surface area contributed by atoms with Crippen LogP contribution in [-0.4, -0.2) is 29.0 Å². The van der Waals surface area contributed by atoms with Gasteiger partial charge in [0.25, 0.3) is 5.91 Å². The van der Waals surface area contributed by atoms with Gasteiger partial charge in [0, 0.05) is 13.1 Å². The summed E-state index contributed by atoms with van der Waals surface area (Å²) in [6.45, 7) is 5.15. The molecule has 0 saturated carbocycles. The molecule has 15 heavy (non-hydrogen) atoms. The van der Waals surface area contributed by atoms with Crippen molar-refractivity contribution in [2.24, 2.45) is 0 Å². The summed E-state index contributed by atoms with van der Waals surface area (Å²) in [7, 11) is 0. The Labute approximate surface area is 103 Å². The van der Waals surface area contributed by atoms with Crippen molar-refractivity contribution < 1.29 is 9.90 Å². The van der Waals surface area contributed by atoms with Crippen LogP contribution in [0.25, 0.3) is 0 Å². The first-order chi connectivity index (χ1) is 7.11. The van der Waals surface area contributed by atoms with Gasteiger partial charge in [-0.25, -0.2) is 0 Å². The first kappa shape index (κ1) is 12.3. The van der Waals surface area contributed by atoms with Crippen LogP contribution in [-0.2, 0) is 0 Å². The minimum Gasteiger partial charge on any atom is -0.506 e. The van der Waals surface area contributed by atoms with Crippen molar-refractivity contribution in [2.45, 2.75) is 13.8 Å². The average Bonchev–Trinajstić information content (AvgIpc) is 2.23. The summed E-state index contributed by atoms with van der Waals surface area (Å²) in [5.74, 6) is -0.0361. The first-order valence-corrected chi connectivity index (χ1v) is 5.96. The maximum Gasteiger partial charge on any atom is 0.257 e.